The van der Waals surface area contributed by atoms with E-state index in [1.807, 2.05) is 24.3 Å². The van der Waals surface area contributed by atoms with Crippen molar-refractivity contribution >= 4 is 5.97 Å². The molecule has 0 heterocycles. The SMILES string of the molecule is COC(=O)[C@](OCc1ccc(OC)cc1)(c1ccccc1)[C@H](O)c1ccc(C#N)cc1. The molecule has 0 aliphatic heterocycles. The second-order valence-corrected chi connectivity index (χ2v) is 6.87. The fourth-order valence-corrected chi connectivity index (χ4v) is 3.34. The summed E-state index contributed by atoms with van der Waals surface area (Å²) in [5.41, 5.74) is 0.287. The molecule has 0 saturated carbocycles. The third kappa shape index (κ3) is 4.58. The molecule has 3 aromatic carbocycles. The minimum Gasteiger partial charge on any atom is -0.497 e. The topological polar surface area (TPSA) is 88.8 Å². The fraction of sp³-hybridized carbons (Fsp3) is 0.200. The molecule has 6 nitrogen and oxygen atoms in total. The van der Waals surface area contributed by atoms with Crippen LogP contribution in [0.5, 0.6) is 5.75 Å². The minimum absolute atomic E-state index is 0.0430. The van der Waals surface area contributed by atoms with E-state index in [4.69, 9.17) is 19.5 Å². The summed E-state index contributed by atoms with van der Waals surface area (Å²) < 4.78 is 16.4. The lowest BCUT2D eigenvalue weighted by Crippen LogP contribution is -2.45. The number of ether oxygens (including phenoxy) is 3. The lowest BCUT2D eigenvalue weighted by Gasteiger charge is -2.36. The number of rotatable bonds is 8. The zero-order valence-corrected chi connectivity index (χ0v) is 17.3. The molecule has 0 saturated heterocycles. The third-order valence-corrected chi connectivity index (χ3v) is 5.06. The number of methoxy groups -OCH3 is 2. The number of hydrogen-bond donors (Lipinski definition) is 1. The summed E-state index contributed by atoms with van der Waals surface area (Å²) in [5.74, 6) is -0.0345. The van der Waals surface area contributed by atoms with Crippen LogP contribution in [-0.4, -0.2) is 25.3 Å². The quantitative estimate of drug-likeness (QED) is 0.560. The van der Waals surface area contributed by atoms with Crippen molar-refractivity contribution in [1.29, 1.82) is 5.26 Å². The second kappa shape index (κ2) is 9.90. The second-order valence-electron chi connectivity index (χ2n) is 6.87. The van der Waals surface area contributed by atoms with Gasteiger partial charge < -0.3 is 19.3 Å². The number of aliphatic hydroxyl groups excluding tert-OH is 1. The van der Waals surface area contributed by atoms with Crippen LogP contribution in [0, 0.1) is 11.3 Å². The molecular formula is C25H23NO5. The van der Waals surface area contributed by atoms with Crippen molar-refractivity contribution in [3.63, 3.8) is 0 Å². The summed E-state index contributed by atoms with van der Waals surface area (Å²) in [4.78, 5) is 13.1. The van der Waals surface area contributed by atoms with Crippen LogP contribution >= 0.6 is 0 Å². The maximum atomic E-state index is 13.1. The predicted octanol–water partition coefficient (Wildman–Crippen LogP) is 3.89. The summed E-state index contributed by atoms with van der Waals surface area (Å²) in [7, 11) is 2.83. The van der Waals surface area contributed by atoms with Crippen molar-refractivity contribution in [3.8, 4) is 11.8 Å². The molecule has 0 radical (unpaired) electrons. The van der Waals surface area contributed by atoms with E-state index >= 15 is 0 Å². The molecule has 6 heteroatoms. The van der Waals surface area contributed by atoms with Crippen molar-refractivity contribution < 1.29 is 24.1 Å². The number of nitriles is 1. The Morgan fingerprint density at radius 2 is 1.65 bits per heavy atom. The molecule has 0 spiro atoms. The van der Waals surface area contributed by atoms with E-state index in [2.05, 4.69) is 0 Å². The molecule has 3 aromatic rings. The first kappa shape index (κ1) is 22.0. The average Bonchev–Trinajstić information content (AvgIpc) is 2.85. The van der Waals surface area contributed by atoms with Crippen LogP contribution < -0.4 is 4.74 Å². The van der Waals surface area contributed by atoms with E-state index in [1.54, 1.807) is 67.8 Å². The van der Waals surface area contributed by atoms with Crippen LogP contribution in [-0.2, 0) is 26.5 Å². The molecule has 0 aliphatic rings. The fourth-order valence-electron chi connectivity index (χ4n) is 3.34. The van der Waals surface area contributed by atoms with Crippen molar-refractivity contribution in [2.75, 3.05) is 14.2 Å². The highest BCUT2D eigenvalue weighted by molar-refractivity contribution is 5.82. The molecule has 0 unspecified atom stereocenters. The van der Waals surface area contributed by atoms with Gasteiger partial charge in [-0.1, -0.05) is 54.6 Å². The summed E-state index contributed by atoms with van der Waals surface area (Å²) in [6.45, 7) is 0.0430. The molecule has 158 valence electrons. The molecule has 2 atom stereocenters. The number of carbonyl (C=O) groups excluding carboxylic acids is 1. The molecule has 0 aliphatic carbocycles. The molecule has 0 aromatic heterocycles. The third-order valence-electron chi connectivity index (χ3n) is 5.06. The Balaban J connectivity index is 2.05. The molecule has 0 bridgehead atoms. The van der Waals surface area contributed by atoms with Crippen LogP contribution in [0.4, 0.5) is 0 Å². The van der Waals surface area contributed by atoms with Gasteiger partial charge in [0.05, 0.1) is 32.5 Å². The molecule has 31 heavy (non-hydrogen) atoms. The lowest BCUT2D eigenvalue weighted by atomic mass is 9.83. The number of carbonyl (C=O) groups is 1. The summed E-state index contributed by atoms with van der Waals surface area (Å²) in [6, 6.07) is 24.3. The summed E-state index contributed by atoms with van der Waals surface area (Å²) in [6.07, 6.45) is -1.38. The Bertz CT molecular complexity index is 1040. The highest BCUT2D eigenvalue weighted by atomic mass is 16.6. The van der Waals surface area contributed by atoms with Crippen LogP contribution in [0.25, 0.3) is 0 Å². The van der Waals surface area contributed by atoms with Gasteiger partial charge in [0.2, 0.25) is 5.60 Å². The zero-order chi connectivity index (χ0) is 22.3. The first-order chi connectivity index (χ1) is 15.0. The standard InChI is InChI=1S/C25H23NO5/c1-29-22-14-10-19(11-15-22)17-31-25(24(28)30-2,21-6-4-3-5-7-21)23(27)20-12-8-18(16-26)9-13-20/h3-15,23,27H,17H2,1-2H3/t23-,25+/m1/s1. The Hall–Kier alpha value is -3.66. The molecule has 3 rings (SSSR count). The van der Waals surface area contributed by atoms with Gasteiger partial charge in [0.25, 0.3) is 0 Å². The Kier molecular flexibility index (Phi) is 7.03. The summed E-state index contributed by atoms with van der Waals surface area (Å²) >= 11 is 0. The number of hydrogen-bond acceptors (Lipinski definition) is 6. The number of benzene rings is 3. The average molecular weight is 417 g/mol. The van der Waals surface area contributed by atoms with Gasteiger partial charge in [-0.05, 0) is 41.0 Å². The van der Waals surface area contributed by atoms with Gasteiger partial charge in [-0.3, -0.25) is 0 Å². The van der Waals surface area contributed by atoms with Crippen LogP contribution in [0.3, 0.4) is 0 Å². The molecule has 0 amide bonds. The van der Waals surface area contributed by atoms with Gasteiger partial charge in [0.15, 0.2) is 0 Å². The molecular weight excluding hydrogens is 394 g/mol. The maximum Gasteiger partial charge on any atom is 0.346 e. The van der Waals surface area contributed by atoms with Crippen molar-refractivity contribution in [2.24, 2.45) is 0 Å². The minimum atomic E-state index is -1.82. The number of esters is 1. The zero-order valence-electron chi connectivity index (χ0n) is 17.3. The number of aliphatic hydroxyl groups is 1. The van der Waals surface area contributed by atoms with Crippen molar-refractivity contribution in [1.82, 2.24) is 0 Å². The van der Waals surface area contributed by atoms with Crippen LogP contribution in [0.15, 0.2) is 78.9 Å². The van der Waals surface area contributed by atoms with E-state index in [9.17, 15) is 9.90 Å². The highest BCUT2D eigenvalue weighted by Crippen LogP contribution is 2.41. The summed E-state index contributed by atoms with van der Waals surface area (Å²) in [5, 5.41) is 20.4. The monoisotopic (exact) mass is 417 g/mol. The number of nitrogens with zero attached hydrogens (tertiary/aromatic N) is 1. The van der Waals surface area contributed by atoms with Crippen molar-refractivity contribution in [2.45, 2.75) is 18.3 Å². The lowest BCUT2D eigenvalue weighted by molar-refractivity contribution is -0.194. The molecule has 0 fully saturated rings. The predicted molar refractivity (Wildman–Crippen MR) is 114 cm³/mol. The normalized spacial score (nSPS) is 13.5. The van der Waals surface area contributed by atoms with Gasteiger partial charge in [-0.25, -0.2) is 4.79 Å². The van der Waals surface area contributed by atoms with Crippen LogP contribution in [0.1, 0.15) is 28.4 Å². The smallest absolute Gasteiger partial charge is 0.346 e. The van der Waals surface area contributed by atoms with Gasteiger partial charge >= 0.3 is 5.97 Å². The van der Waals surface area contributed by atoms with Gasteiger partial charge in [0.1, 0.15) is 11.9 Å². The maximum absolute atomic E-state index is 13.1. The van der Waals surface area contributed by atoms with Crippen LogP contribution in [0.2, 0.25) is 0 Å². The van der Waals surface area contributed by atoms with Crippen molar-refractivity contribution in [3.05, 3.63) is 101 Å². The Morgan fingerprint density at radius 1 is 1.00 bits per heavy atom. The first-order valence-corrected chi connectivity index (χ1v) is 9.64. The molecule has 1 N–H and O–H groups in total. The van der Waals surface area contributed by atoms with E-state index in [1.165, 1.54) is 7.11 Å². The largest absolute Gasteiger partial charge is 0.497 e. The Morgan fingerprint density at radius 3 is 2.19 bits per heavy atom. The van der Waals surface area contributed by atoms with E-state index in [-0.39, 0.29) is 6.61 Å². The van der Waals surface area contributed by atoms with E-state index in [0.717, 1.165) is 5.56 Å². The van der Waals surface area contributed by atoms with E-state index in [0.29, 0.717) is 22.4 Å². The van der Waals surface area contributed by atoms with E-state index < -0.39 is 17.7 Å². The first-order valence-electron chi connectivity index (χ1n) is 9.64. The van der Waals surface area contributed by atoms with Gasteiger partial charge in [-0.15, -0.1) is 0 Å². The van der Waals surface area contributed by atoms with Gasteiger partial charge in [-0.2, -0.15) is 5.26 Å². The van der Waals surface area contributed by atoms with Gasteiger partial charge in [0, 0.05) is 0 Å². The Labute approximate surface area is 181 Å². The highest BCUT2D eigenvalue weighted by Gasteiger charge is 2.50.